The molecule has 0 radical (unpaired) electrons. The van der Waals surface area contributed by atoms with Crippen LogP contribution in [0.3, 0.4) is 0 Å². The van der Waals surface area contributed by atoms with E-state index in [0.717, 1.165) is 5.56 Å². The summed E-state index contributed by atoms with van der Waals surface area (Å²) in [4.78, 5) is 42.8. The van der Waals surface area contributed by atoms with Gasteiger partial charge in [-0.1, -0.05) is 17.7 Å². The molecule has 0 aliphatic carbocycles. The predicted molar refractivity (Wildman–Crippen MR) is 108 cm³/mol. The molecule has 0 aliphatic heterocycles. The summed E-state index contributed by atoms with van der Waals surface area (Å²) in [5.74, 6) is -0.936. The Morgan fingerprint density at radius 1 is 1.00 bits per heavy atom. The van der Waals surface area contributed by atoms with E-state index in [1.807, 2.05) is 32.9 Å². The topological polar surface area (TPSA) is 79.5 Å². The number of nitrogens with zero attached hydrogens (tertiary/aromatic N) is 1. The standard InChI is InChI=1S/C22H28N2O4/c1-12(2)24(21(26)17-10-8-13(3)9-11-17)16(6)20(25)18-14(4)19(22(27)28-7)23-15(18)5/h8-12,16,23H,1-7H3. The van der Waals surface area contributed by atoms with Crippen molar-refractivity contribution in [3.05, 3.63) is 57.9 Å². The average Bonchev–Trinajstić information content (AvgIpc) is 2.94. The molecule has 1 heterocycles. The molecule has 150 valence electrons. The Balaban J connectivity index is 2.41. The minimum absolute atomic E-state index is 0.174. The number of hydrogen-bond acceptors (Lipinski definition) is 4. The van der Waals surface area contributed by atoms with Gasteiger partial charge in [0.15, 0.2) is 5.78 Å². The zero-order valence-electron chi connectivity index (χ0n) is 17.5. The lowest BCUT2D eigenvalue weighted by Crippen LogP contribution is -2.47. The number of carbonyl (C=O) groups excluding carboxylic acids is 3. The highest BCUT2D eigenvalue weighted by Gasteiger charge is 2.33. The summed E-state index contributed by atoms with van der Waals surface area (Å²) >= 11 is 0. The van der Waals surface area contributed by atoms with E-state index in [0.29, 0.717) is 22.4 Å². The Hall–Kier alpha value is -2.89. The number of aromatic amines is 1. The fourth-order valence-corrected chi connectivity index (χ4v) is 3.46. The maximum Gasteiger partial charge on any atom is 0.354 e. The Bertz CT molecular complexity index is 894. The highest BCUT2D eigenvalue weighted by Crippen LogP contribution is 2.23. The van der Waals surface area contributed by atoms with Gasteiger partial charge in [-0.3, -0.25) is 9.59 Å². The molecule has 0 bridgehead atoms. The largest absolute Gasteiger partial charge is 0.464 e. The maximum atomic E-state index is 13.3. The molecule has 1 aromatic heterocycles. The minimum atomic E-state index is -0.688. The Labute approximate surface area is 165 Å². The van der Waals surface area contributed by atoms with Crippen LogP contribution >= 0.6 is 0 Å². The molecule has 1 aromatic carbocycles. The van der Waals surface area contributed by atoms with Crippen LogP contribution in [0.5, 0.6) is 0 Å². The third-order valence-corrected chi connectivity index (χ3v) is 4.96. The van der Waals surface area contributed by atoms with Crippen molar-refractivity contribution < 1.29 is 19.1 Å². The van der Waals surface area contributed by atoms with Crippen LogP contribution in [-0.2, 0) is 4.74 Å². The minimum Gasteiger partial charge on any atom is -0.464 e. The van der Waals surface area contributed by atoms with Gasteiger partial charge in [-0.2, -0.15) is 0 Å². The van der Waals surface area contributed by atoms with Gasteiger partial charge in [-0.15, -0.1) is 0 Å². The first kappa shape index (κ1) is 21.4. The summed E-state index contributed by atoms with van der Waals surface area (Å²) in [5.41, 5.74) is 3.41. The maximum absolute atomic E-state index is 13.3. The summed E-state index contributed by atoms with van der Waals surface area (Å²) < 4.78 is 4.77. The highest BCUT2D eigenvalue weighted by molar-refractivity contribution is 6.07. The summed E-state index contributed by atoms with van der Waals surface area (Å²) in [6.45, 7) is 10.9. The van der Waals surface area contributed by atoms with Crippen LogP contribution in [0.15, 0.2) is 24.3 Å². The number of amides is 1. The number of aryl methyl sites for hydroxylation is 2. The van der Waals surface area contributed by atoms with Crippen molar-refractivity contribution in [2.45, 2.75) is 53.6 Å². The van der Waals surface area contributed by atoms with Gasteiger partial charge >= 0.3 is 5.97 Å². The van der Waals surface area contributed by atoms with E-state index in [1.165, 1.54) is 7.11 Å². The third-order valence-electron chi connectivity index (χ3n) is 4.96. The molecule has 1 amide bonds. The molecule has 6 nitrogen and oxygen atoms in total. The van der Waals surface area contributed by atoms with Crippen LogP contribution in [0.25, 0.3) is 0 Å². The number of aromatic nitrogens is 1. The normalized spacial score (nSPS) is 12.0. The van der Waals surface area contributed by atoms with Gasteiger partial charge in [-0.25, -0.2) is 4.79 Å². The quantitative estimate of drug-likeness (QED) is 0.606. The lowest BCUT2D eigenvalue weighted by molar-refractivity contribution is 0.0565. The summed E-state index contributed by atoms with van der Waals surface area (Å²) in [5, 5.41) is 0. The van der Waals surface area contributed by atoms with E-state index in [9.17, 15) is 14.4 Å². The number of ketones is 1. The second-order valence-electron chi connectivity index (χ2n) is 7.33. The molecule has 1 unspecified atom stereocenters. The number of methoxy groups -OCH3 is 1. The molecule has 0 saturated heterocycles. The molecule has 28 heavy (non-hydrogen) atoms. The monoisotopic (exact) mass is 384 g/mol. The van der Waals surface area contributed by atoms with Crippen molar-refractivity contribution in [1.29, 1.82) is 0 Å². The Morgan fingerprint density at radius 3 is 2.07 bits per heavy atom. The lowest BCUT2D eigenvalue weighted by Gasteiger charge is -2.32. The van der Waals surface area contributed by atoms with Crippen molar-refractivity contribution in [2.24, 2.45) is 0 Å². The van der Waals surface area contributed by atoms with Crippen LogP contribution < -0.4 is 0 Å². The Morgan fingerprint density at radius 2 is 1.57 bits per heavy atom. The van der Waals surface area contributed by atoms with E-state index >= 15 is 0 Å². The number of ether oxygens (including phenoxy) is 1. The number of rotatable bonds is 6. The summed E-state index contributed by atoms with van der Waals surface area (Å²) in [7, 11) is 1.29. The molecule has 2 aromatic rings. The molecule has 0 saturated carbocycles. The second-order valence-corrected chi connectivity index (χ2v) is 7.33. The van der Waals surface area contributed by atoms with Gasteiger partial charge in [0, 0.05) is 22.9 Å². The molecular formula is C22H28N2O4. The van der Waals surface area contributed by atoms with Crippen molar-refractivity contribution in [3.63, 3.8) is 0 Å². The molecule has 2 rings (SSSR count). The van der Waals surface area contributed by atoms with Crippen LogP contribution in [0.4, 0.5) is 0 Å². The zero-order valence-corrected chi connectivity index (χ0v) is 17.5. The van der Waals surface area contributed by atoms with Gasteiger partial charge < -0.3 is 14.6 Å². The molecule has 1 N–H and O–H groups in total. The predicted octanol–water partition coefficient (Wildman–Crippen LogP) is 3.85. The SMILES string of the molecule is COC(=O)c1[nH]c(C)c(C(=O)C(C)N(C(=O)c2ccc(C)cc2)C(C)C)c1C. The first-order valence-corrected chi connectivity index (χ1v) is 9.31. The number of benzene rings is 1. The first-order valence-electron chi connectivity index (χ1n) is 9.31. The fourth-order valence-electron chi connectivity index (χ4n) is 3.46. The first-order chi connectivity index (χ1) is 13.1. The van der Waals surface area contributed by atoms with E-state index in [1.54, 1.807) is 37.8 Å². The lowest BCUT2D eigenvalue weighted by atomic mass is 9.98. The van der Waals surface area contributed by atoms with Crippen LogP contribution in [-0.4, -0.2) is 46.7 Å². The number of esters is 1. The van der Waals surface area contributed by atoms with Crippen LogP contribution in [0.1, 0.15) is 68.8 Å². The smallest absolute Gasteiger partial charge is 0.354 e. The van der Waals surface area contributed by atoms with Crippen LogP contribution in [0, 0.1) is 20.8 Å². The number of carbonyl (C=O) groups is 3. The summed E-state index contributed by atoms with van der Waals surface area (Å²) in [6.07, 6.45) is 0. The number of nitrogens with one attached hydrogen (secondary N) is 1. The molecule has 0 aliphatic rings. The van der Waals surface area contributed by atoms with Crippen molar-refractivity contribution in [2.75, 3.05) is 7.11 Å². The van der Waals surface area contributed by atoms with Gasteiger partial charge in [0.2, 0.25) is 0 Å². The van der Waals surface area contributed by atoms with Gasteiger partial charge in [-0.05, 0) is 59.2 Å². The molecule has 0 spiro atoms. The summed E-state index contributed by atoms with van der Waals surface area (Å²) in [6, 6.07) is 6.43. The third kappa shape index (κ3) is 4.01. The second kappa shape index (κ2) is 8.42. The van der Waals surface area contributed by atoms with E-state index in [4.69, 9.17) is 4.74 Å². The van der Waals surface area contributed by atoms with E-state index < -0.39 is 12.0 Å². The molecule has 1 atom stereocenters. The van der Waals surface area contributed by atoms with Crippen LogP contribution in [0.2, 0.25) is 0 Å². The van der Waals surface area contributed by atoms with E-state index in [2.05, 4.69) is 4.98 Å². The Kier molecular flexibility index (Phi) is 6.44. The van der Waals surface area contributed by atoms with Gasteiger partial charge in [0.1, 0.15) is 5.69 Å². The zero-order chi connectivity index (χ0) is 21.2. The fraction of sp³-hybridized carbons (Fsp3) is 0.409. The van der Waals surface area contributed by atoms with Crippen molar-refractivity contribution >= 4 is 17.7 Å². The molecule has 6 heteroatoms. The molecule has 0 fully saturated rings. The number of hydrogen-bond donors (Lipinski definition) is 1. The van der Waals surface area contributed by atoms with E-state index in [-0.39, 0.29) is 23.4 Å². The average molecular weight is 384 g/mol. The molecular weight excluding hydrogens is 356 g/mol. The number of Topliss-reactive ketones (excluding diaryl/α,β-unsaturated/α-hetero) is 1. The highest BCUT2D eigenvalue weighted by atomic mass is 16.5. The van der Waals surface area contributed by atoms with Gasteiger partial charge in [0.25, 0.3) is 5.91 Å². The van der Waals surface area contributed by atoms with Gasteiger partial charge in [0.05, 0.1) is 13.2 Å². The number of H-pyrrole nitrogens is 1. The van der Waals surface area contributed by atoms with Crippen molar-refractivity contribution in [1.82, 2.24) is 9.88 Å². The van der Waals surface area contributed by atoms with Crippen molar-refractivity contribution in [3.8, 4) is 0 Å².